The number of carbonyl (C=O) groups excluding carboxylic acids is 1. The van der Waals surface area contributed by atoms with Crippen LogP contribution in [0.5, 0.6) is 0 Å². The second-order valence-corrected chi connectivity index (χ2v) is 5.57. The molecular weight excluding hydrogens is 272 g/mol. The number of hydrogen-bond donors (Lipinski definition) is 1. The molecule has 3 nitrogen and oxygen atoms in total. The third-order valence-corrected chi connectivity index (χ3v) is 3.74. The van der Waals surface area contributed by atoms with Crippen LogP contribution < -0.4 is 5.73 Å². The summed E-state index contributed by atoms with van der Waals surface area (Å²) in [6.45, 7) is 3.87. The molecule has 0 radical (unpaired) electrons. The van der Waals surface area contributed by atoms with Crippen molar-refractivity contribution in [3.8, 4) is 0 Å². The molecule has 0 atom stereocenters. The molecule has 0 unspecified atom stereocenters. The first-order valence-corrected chi connectivity index (χ1v) is 7.76. The monoisotopic (exact) mass is 296 g/mol. The maximum Gasteiger partial charge on any atom is 0.227 e. The summed E-state index contributed by atoms with van der Waals surface area (Å²) in [5, 5.41) is 0. The van der Waals surface area contributed by atoms with Crippen LogP contribution in [0.2, 0.25) is 0 Å². The minimum absolute atomic E-state index is 0.144. The molecule has 0 aliphatic rings. The molecule has 0 aromatic heterocycles. The normalized spacial score (nSPS) is 10.5. The van der Waals surface area contributed by atoms with Gasteiger partial charge < -0.3 is 10.6 Å². The quantitative estimate of drug-likeness (QED) is 0.853. The third kappa shape index (κ3) is 5.01. The number of carbonyl (C=O) groups is 1. The van der Waals surface area contributed by atoms with E-state index in [1.807, 2.05) is 54.3 Å². The summed E-state index contributed by atoms with van der Waals surface area (Å²) in [4.78, 5) is 14.3. The maximum atomic E-state index is 12.5. The maximum absolute atomic E-state index is 12.5. The smallest absolute Gasteiger partial charge is 0.227 e. The number of nitrogens with two attached hydrogens (primary N) is 1. The average Bonchev–Trinajstić information content (AvgIpc) is 2.54. The van der Waals surface area contributed by atoms with Crippen molar-refractivity contribution >= 4 is 5.91 Å². The van der Waals surface area contributed by atoms with Gasteiger partial charge in [0.25, 0.3) is 0 Å². The molecule has 0 aliphatic heterocycles. The Hall–Kier alpha value is -2.13. The van der Waals surface area contributed by atoms with Crippen molar-refractivity contribution in [1.82, 2.24) is 4.90 Å². The van der Waals surface area contributed by atoms with Gasteiger partial charge in [-0.1, -0.05) is 60.2 Å². The second kappa shape index (κ2) is 8.35. The third-order valence-electron chi connectivity index (χ3n) is 3.74. The lowest BCUT2D eigenvalue weighted by molar-refractivity contribution is -0.130. The zero-order valence-corrected chi connectivity index (χ0v) is 13.2. The molecule has 0 fully saturated rings. The molecular formula is C19H24N2O. The van der Waals surface area contributed by atoms with Crippen LogP contribution >= 0.6 is 0 Å². The van der Waals surface area contributed by atoms with Crippen LogP contribution in [0.15, 0.2) is 54.6 Å². The summed E-state index contributed by atoms with van der Waals surface area (Å²) < 4.78 is 0. The average molecular weight is 296 g/mol. The van der Waals surface area contributed by atoms with Gasteiger partial charge in [-0.3, -0.25) is 4.79 Å². The fourth-order valence-electron chi connectivity index (χ4n) is 2.42. The lowest BCUT2D eigenvalue weighted by Gasteiger charge is -2.22. The van der Waals surface area contributed by atoms with E-state index >= 15 is 0 Å². The Morgan fingerprint density at radius 3 is 2.27 bits per heavy atom. The van der Waals surface area contributed by atoms with Gasteiger partial charge in [0.05, 0.1) is 6.42 Å². The highest BCUT2D eigenvalue weighted by Gasteiger charge is 2.13. The number of benzene rings is 2. The van der Waals surface area contributed by atoms with Crippen molar-refractivity contribution in [2.75, 3.05) is 19.6 Å². The first kappa shape index (κ1) is 16.2. The second-order valence-electron chi connectivity index (χ2n) is 5.57. The first-order valence-electron chi connectivity index (χ1n) is 7.76. The molecule has 1 amide bonds. The van der Waals surface area contributed by atoms with E-state index in [1.54, 1.807) is 0 Å². The summed E-state index contributed by atoms with van der Waals surface area (Å²) >= 11 is 0. The van der Waals surface area contributed by atoms with Gasteiger partial charge in [0.2, 0.25) is 5.91 Å². The standard InChI is InChI=1S/C19H24N2O/c1-16-7-9-18(10-8-16)15-19(22)21(14-12-20)13-11-17-5-3-2-4-6-17/h2-10H,11-15,20H2,1H3. The van der Waals surface area contributed by atoms with Gasteiger partial charge in [0.15, 0.2) is 0 Å². The SMILES string of the molecule is Cc1ccc(CC(=O)N(CCN)CCc2ccccc2)cc1. The van der Waals surface area contributed by atoms with Crippen LogP contribution in [-0.2, 0) is 17.6 Å². The first-order chi connectivity index (χ1) is 10.7. The fourth-order valence-corrected chi connectivity index (χ4v) is 2.42. The Balaban J connectivity index is 1.94. The molecule has 0 heterocycles. The number of amides is 1. The van der Waals surface area contributed by atoms with Crippen molar-refractivity contribution < 1.29 is 4.79 Å². The summed E-state index contributed by atoms with van der Waals surface area (Å²) in [6.07, 6.45) is 1.30. The van der Waals surface area contributed by atoms with E-state index in [-0.39, 0.29) is 5.91 Å². The zero-order chi connectivity index (χ0) is 15.8. The van der Waals surface area contributed by atoms with Crippen LogP contribution in [-0.4, -0.2) is 30.4 Å². The van der Waals surface area contributed by atoms with Crippen molar-refractivity contribution in [3.63, 3.8) is 0 Å². The van der Waals surface area contributed by atoms with E-state index in [0.717, 1.165) is 12.0 Å². The van der Waals surface area contributed by atoms with Crippen LogP contribution in [0.3, 0.4) is 0 Å². The molecule has 0 spiro atoms. The molecule has 116 valence electrons. The topological polar surface area (TPSA) is 46.3 Å². The number of aryl methyl sites for hydroxylation is 1. The molecule has 2 aromatic carbocycles. The van der Waals surface area contributed by atoms with E-state index in [2.05, 4.69) is 12.1 Å². The summed E-state index contributed by atoms with van der Waals surface area (Å²) in [6, 6.07) is 18.4. The highest BCUT2D eigenvalue weighted by atomic mass is 16.2. The van der Waals surface area contributed by atoms with E-state index in [1.165, 1.54) is 11.1 Å². The minimum atomic E-state index is 0.144. The summed E-state index contributed by atoms with van der Waals surface area (Å²) in [7, 11) is 0. The lowest BCUT2D eigenvalue weighted by Crippen LogP contribution is -2.37. The molecule has 22 heavy (non-hydrogen) atoms. The van der Waals surface area contributed by atoms with Gasteiger partial charge in [0, 0.05) is 19.6 Å². The molecule has 2 aromatic rings. The van der Waals surface area contributed by atoms with Crippen LogP contribution in [0, 0.1) is 6.92 Å². The molecule has 0 aliphatic carbocycles. The Labute approximate surface area is 132 Å². The number of nitrogens with zero attached hydrogens (tertiary/aromatic N) is 1. The summed E-state index contributed by atoms with van der Waals surface area (Å²) in [5.74, 6) is 0.144. The number of rotatable bonds is 7. The summed E-state index contributed by atoms with van der Waals surface area (Å²) in [5.41, 5.74) is 9.16. The van der Waals surface area contributed by atoms with Gasteiger partial charge in [0.1, 0.15) is 0 Å². The van der Waals surface area contributed by atoms with E-state index in [9.17, 15) is 4.79 Å². The van der Waals surface area contributed by atoms with Crippen molar-refractivity contribution in [2.45, 2.75) is 19.8 Å². The van der Waals surface area contributed by atoms with Crippen LogP contribution in [0.1, 0.15) is 16.7 Å². The van der Waals surface area contributed by atoms with E-state index in [0.29, 0.717) is 26.1 Å². The molecule has 2 N–H and O–H groups in total. The largest absolute Gasteiger partial charge is 0.341 e. The van der Waals surface area contributed by atoms with Gasteiger partial charge in [-0.05, 0) is 24.5 Å². The Bertz CT molecular complexity index is 578. The molecule has 3 heteroatoms. The van der Waals surface area contributed by atoms with Gasteiger partial charge in [-0.25, -0.2) is 0 Å². The minimum Gasteiger partial charge on any atom is -0.341 e. The predicted octanol–water partition coefficient (Wildman–Crippen LogP) is 2.57. The highest BCUT2D eigenvalue weighted by molar-refractivity contribution is 5.78. The lowest BCUT2D eigenvalue weighted by atomic mass is 10.1. The van der Waals surface area contributed by atoms with E-state index in [4.69, 9.17) is 5.73 Å². The van der Waals surface area contributed by atoms with Gasteiger partial charge in [-0.2, -0.15) is 0 Å². The fraction of sp³-hybridized carbons (Fsp3) is 0.316. The molecule has 0 bridgehead atoms. The Morgan fingerprint density at radius 2 is 1.64 bits per heavy atom. The van der Waals surface area contributed by atoms with Gasteiger partial charge >= 0.3 is 0 Å². The highest BCUT2D eigenvalue weighted by Crippen LogP contribution is 2.07. The Morgan fingerprint density at radius 1 is 0.955 bits per heavy atom. The van der Waals surface area contributed by atoms with E-state index < -0.39 is 0 Å². The molecule has 2 rings (SSSR count). The zero-order valence-electron chi connectivity index (χ0n) is 13.2. The van der Waals surface area contributed by atoms with Crippen molar-refractivity contribution in [1.29, 1.82) is 0 Å². The predicted molar refractivity (Wildman–Crippen MR) is 90.7 cm³/mol. The van der Waals surface area contributed by atoms with Crippen LogP contribution in [0.25, 0.3) is 0 Å². The Kier molecular flexibility index (Phi) is 6.16. The number of hydrogen-bond acceptors (Lipinski definition) is 2. The van der Waals surface area contributed by atoms with Crippen LogP contribution in [0.4, 0.5) is 0 Å². The van der Waals surface area contributed by atoms with Crippen molar-refractivity contribution in [3.05, 3.63) is 71.3 Å². The van der Waals surface area contributed by atoms with Crippen molar-refractivity contribution in [2.24, 2.45) is 5.73 Å². The molecule has 0 saturated heterocycles. The van der Waals surface area contributed by atoms with Gasteiger partial charge in [-0.15, -0.1) is 0 Å². The molecule has 0 saturated carbocycles.